The Balaban J connectivity index is 1.94. The molecule has 1 unspecified atom stereocenters. The Bertz CT molecular complexity index is 1040. The van der Waals surface area contributed by atoms with Crippen molar-refractivity contribution in [2.24, 2.45) is 0 Å². The molecule has 3 rings (SSSR count). The van der Waals surface area contributed by atoms with Crippen LogP contribution in [0.5, 0.6) is 0 Å². The van der Waals surface area contributed by atoms with E-state index in [1.165, 1.54) is 28.5 Å². The lowest BCUT2D eigenvalue weighted by molar-refractivity contribution is -0.137. The zero-order chi connectivity index (χ0) is 21.5. The minimum absolute atomic E-state index is 0.00754. The van der Waals surface area contributed by atoms with Gasteiger partial charge < -0.3 is 14.8 Å². The fourth-order valence-electron chi connectivity index (χ4n) is 3.48. The van der Waals surface area contributed by atoms with Crippen molar-refractivity contribution in [3.05, 3.63) is 63.1 Å². The number of pyridine rings is 1. The number of nitrogens with zero attached hydrogens (tertiary/aromatic N) is 2. The molecular formula is C20H20F3N3O3. The van der Waals surface area contributed by atoms with E-state index in [1.54, 1.807) is 19.9 Å². The van der Waals surface area contributed by atoms with Crippen LogP contribution in [0.2, 0.25) is 0 Å². The standard InChI is InChI=1S/C20H20F3N3O3/c1-11-6-14(8-15(7-11)20(21,22)23)10-25-12(2)9-26-17(19(25)29)5-4-16(18(26)28)24-13(3)27/h4-8,12H,9-10H2,1-3H3,(H,24,27). The number of fused-ring (bicyclic) bond motifs is 1. The number of aromatic nitrogens is 1. The molecule has 29 heavy (non-hydrogen) atoms. The van der Waals surface area contributed by atoms with Crippen molar-refractivity contribution in [3.63, 3.8) is 0 Å². The molecule has 0 saturated carbocycles. The zero-order valence-corrected chi connectivity index (χ0v) is 16.1. The van der Waals surface area contributed by atoms with Gasteiger partial charge in [-0.15, -0.1) is 0 Å². The first-order valence-electron chi connectivity index (χ1n) is 8.97. The highest BCUT2D eigenvalue weighted by atomic mass is 19.4. The maximum Gasteiger partial charge on any atom is 0.416 e. The SMILES string of the molecule is CC(=O)Nc1ccc2n(c1=O)CC(C)N(Cc1cc(C)cc(C(F)(F)F)c1)C2=O. The monoisotopic (exact) mass is 407 g/mol. The molecule has 154 valence electrons. The zero-order valence-electron chi connectivity index (χ0n) is 16.1. The summed E-state index contributed by atoms with van der Waals surface area (Å²) in [5.41, 5.74) is -0.241. The first-order valence-corrected chi connectivity index (χ1v) is 8.97. The van der Waals surface area contributed by atoms with Gasteiger partial charge in [-0.25, -0.2) is 0 Å². The molecule has 0 saturated heterocycles. The van der Waals surface area contributed by atoms with Gasteiger partial charge in [0.15, 0.2) is 0 Å². The van der Waals surface area contributed by atoms with Crippen LogP contribution in [-0.2, 0) is 24.1 Å². The van der Waals surface area contributed by atoms with Crippen LogP contribution >= 0.6 is 0 Å². The molecule has 1 atom stereocenters. The van der Waals surface area contributed by atoms with E-state index in [2.05, 4.69) is 5.32 Å². The number of nitrogens with one attached hydrogen (secondary N) is 1. The lowest BCUT2D eigenvalue weighted by Gasteiger charge is -2.35. The summed E-state index contributed by atoms with van der Waals surface area (Å²) in [6, 6.07) is 6.07. The third-order valence-corrected chi connectivity index (χ3v) is 4.76. The van der Waals surface area contributed by atoms with E-state index in [1.807, 2.05) is 0 Å². The van der Waals surface area contributed by atoms with E-state index in [0.717, 1.165) is 12.1 Å². The smallest absolute Gasteiger partial charge is 0.329 e. The second-order valence-corrected chi connectivity index (χ2v) is 7.22. The van der Waals surface area contributed by atoms with Crippen molar-refractivity contribution in [3.8, 4) is 0 Å². The number of carbonyl (C=O) groups excluding carboxylic acids is 2. The summed E-state index contributed by atoms with van der Waals surface area (Å²) in [4.78, 5) is 38.2. The number of amides is 2. The highest BCUT2D eigenvalue weighted by Gasteiger charge is 2.33. The first kappa shape index (κ1) is 20.6. The molecule has 2 amide bonds. The van der Waals surface area contributed by atoms with Crippen LogP contribution < -0.4 is 10.9 Å². The van der Waals surface area contributed by atoms with Gasteiger partial charge in [0.2, 0.25) is 5.91 Å². The second-order valence-electron chi connectivity index (χ2n) is 7.22. The lowest BCUT2D eigenvalue weighted by atomic mass is 10.0. The van der Waals surface area contributed by atoms with Crippen LogP contribution in [0.4, 0.5) is 18.9 Å². The number of hydrogen-bond acceptors (Lipinski definition) is 3. The number of anilines is 1. The third-order valence-electron chi connectivity index (χ3n) is 4.76. The highest BCUT2D eigenvalue weighted by Crippen LogP contribution is 2.31. The molecule has 1 aromatic heterocycles. The van der Waals surface area contributed by atoms with E-state index >= 15 is 0 Å². The summed E-state index contributed by atoms with van der Waals surface area (Å²) >= 11 is 0. The molecule has 0 fully saturated rings. The van der Waals surface area contributed by atoms with Gasteiger partial charge >= 0.3 is 6.18 Å². The van der Waals surface area contributed by atoms with Crippen LogP contribution in [0, 0.1) is 6.92 Å². The quantitative estimate of drug-likeness (QED) is 0.850. The van der Waals surface area contributed by atoms with Gasteiger partial charge in [0.1, 0.15) is 11.4 Å². The average molecular weight is 407 g/mol. The number of alkyl halides is 3. The third kappa shape index (κ3) is 4.18. The molecule has 1 N–H and O–H groups in total. The Morgan fingerprint density at radius 2 is 1.90 bits per heavy atom. The predicted octanol–water partition coefficient (Wildman–Crippen LogP) is 3.18. The minimum atomic E-state index is -4.47. The van der Waals surface area contributed by atoms with Gasteiger partial charge in [0.25, 0.3) is 11.5 Å². The van der Waals surface area contributed by atoms with Crippen LogP contribution in [0.3, 0.4) is 0 Å². The summed E-state index contributed by atoms with van der Waals surface area (Å²) < 4.78 is 40.6. The van der Waals surface area contributed by atoms with Crippen molar-refractivity contribution in [1.82, 2.24) is 9.47 Å². The fourth-order valence-corrected chi connectivity index (χ4v) is 3.48. The van der Waals surface area contributed by atoms with Gasteiger partial charge in [0.05, 0.1) is 5.56 Å². The Morgan fingerprint density at radius 1 is 1.21 bits per heavy atom. The maximum atomic E-state index is 13.1. The van der Waals surface area contributed by atoms with Crippen LogP contribution in [0.1, 0.15) is 41.0 Å². The Labute approximate surface area is 164 Å². The maximum absolute atomic E-state index is 13.1. The summed E-state index contributed by atoms with van der Waals surface area (Å²) in [5, 5.41) is 2.43. The fraction of sp³-hybridized carbons (Fsp3) is 0.350. The number of halogens is 3. The molecule has 0 aliphatic carbocycles. The molecule has 0 radical (unpaired) electrons. The number of hydrogen-bond donors (Lipinski definition) is 1. The molecule has 1 aromatic carbocycles. The molecule has 1 aliphatic heterocycles. The number of benzene rings is 1. The van der Waals surface area contributed by atoms with Gasteiger partial charge in [-0.05, 0) is 43.7 Å². The average Bonchev–Trinajstić information content (AvgIpc) is 2.60. The molecule has 9 heteroatoms. The second kappa shape index (κ2) is 7.38. The number of rotatable bonds is 3. The normalized spacial score (nSPS) is 16.6. The van der Waals surface area contributed by atoms with Gasteiger partial charge in [0, 0.05) is 26.1 Å². The molecule has 2 aromatic rings. The summed E-state index contributed by atoms with van der Waals surface area (Å²) in [5.74, 6) is -0.857. The molecule has 0 bridgehead atoms. The Hall–Kier alpha value is -3.10. The topological polar surface area (TPSA) is 71.4 Å². The van der Waals surface area contributed by atoms with Crippen molar-refractivity contribution >= 4 is 17.5 Å². The van der Waals surface area contributed by atoms with E-state index in [4.69, 9.17) is 0 Å². The molecule has 6 nitrogen and oxygen atoms in total. The van der Waals surface area contributed by atoms with Gasteiger partial charge in [-0.2, -0.15) is 13.2 Å². The van der Waals surface area contributed by atoms with E-state index in [9.17, 15) is 27.6 Å². The van der Waals surface area contributed by atoms with E-state index in [0.29, 0.717) is 11.1 Å². The van der Waals surface area contributed by atoms with Crippen LogP contribution in [-0.4, -0.2) is 27.3 Å². The Morgan fingerprint density at radius 3 is 2.52 bits per heavy atom. The van der Waals surface area contributed by atoms with Gasteiger partial charge in [-0.3, -0.25) is 14.4 Å². The van der Waals surface area contributed by atoms with Crippen molar-refractivity contribution in [1.29, 1.82) is 0 Å². The largest absolute Gasteiger partial charge is 0.416 e. The molecule has 0 spiro atoms. The van der Waals surface area contributed by atoms with Crippen molar-refractivity contribution in [2.75, 3.05) is 5.32 Å². The lowest BCUT2D eigenvalue weighted by Crippen LogP contribution is -2.49. The highest BCUT2D eigenvalue weighted by molar-refractivity contribution is 5.94. The molecule has 2 heterocycles. The van der Waals surface area contributed by atoms with Gasteiger partial charge in [-0.1, -0.05) is 11.6 Å². The Kier molecular flexibility index (Phi) is 5.25. The van der Waals surface area contributed by atoms with Crippen molar-refractivity contribution in [2.45, 2.75) is 46.1 Å². The minimum Gasteiger partial charge on any atom is -0.329 e. The summed E-state index contributed by atoms with van der Waals surface area (Å²) in [6.45, 7) is 4.73. The van der Waals surface area contributed by atoms with Crippen LogP contribution in [0.25, 0.3) is 0 Å². The predicted molar refractivity (Wildman–Crippen MR) is 101 cm³/mol. The first-order chi connectivity index (χ1) is 13.5. The number of aryl methyl sites for hydroxylation is 1. The molecular weight excluding hydrogens is 387 g/mol. The van der Waals surface area contributed by atoms with E-state index in [-0.39, 0.29) is 24.5 Å². The van der Waals surface area contributed by atoms with Crippen molar-refractivity contribution < 1.29 is 22.8 Å². The number of carbonyl (C=O) groups is 2. The summed E-state index contributed by atoms with van der Waals surface area (Å²) in [7, 11) is 0. The summed E-state index contributed by atoms with van der Waals surface area (Å²) in [6.07, 6.45) is -4.47. The van der Waals surface area contributed by atoms with E-state index < -0.39 is 35.2 Å². The van der Waals surface area contributed by atoms with Crippen LogP contribution in [0.15, 0.2) is 35.1 Å². The molecule has 1 aliphatic rings.